The summed E-state index contributed by atoms with van der Waals surface area (Å²) in [5.41, 5.74) is 1.40. The lowest BCUT2D eigenvalue weighted by molar-refractivity contribution is 0.660. The standard InChI is InChI=1S/C10H17NOS2/c1-14(12)8-2-5-11-6-3-10-4-7-13-9-10/h4,7,9,11H,2-3,5-6,8H2,1H3. The zero-order chi connectivity index (χ0) is 10.2. The molecule has 0 spiro atoms. The fourth-order valence-electron chi connectivity index (χ4n) is 1.19. The van der Waals surface area contributed by atoms with E-state index in [2.05, 4.69) is 22.1 Å². The molecular weight excluding hydrogens is 214 g/mol. The first-order valence-corrected chi connectivity index (χ1v) is 7.48. The Morgan fingerprint density at radius 2 is 2.36 bits per heavy atom. The lowest BCUT2D eigenvalue weighted by atomic mass is 10.2. The molecule has 0 aromatic carbocycles. The summed E-state index contributed by atoms with van der Waals surface area (Å²) in [4.78, 5) is 0. The van der Waals surface area contributed by atoms with Gasteiger partial charge in [-0.05, 0) is 48.3 Å². The Hall–Kier alpha value is -0.190. The summed E-state index contributed by atoms with van der Waals surface area (Å²) < 4.78 is 10.7. The van der Waals surface area contributed by atoms with Crippen LogP contribution in [0.3, 0.4) is 0 Å². The molecule has 4 heteroatoms. The maximum absolute atomic E-state index is 10.7. The molecule has 0 aliphatic heterocycles. The third-order valence-corrected chi connectivity index (χ3v) is 3.55. The van der Waals surface area contributed by atoms with E-state index < -0.39 is 10.8 Å². The van der Waals surface area contributed by atoms with E-state index in [1.807, 2.05) is 0 Å². The maximum Gasteiger partial charge on any atom is 0.0244 e. The zero-order valence-corrected chi connectivity index (χ0v) is 10.1. The second-order valence-corrected chi connectivity index (χ2v) is 5.60. The Labute approximate surface area is 92.2 Å². The second kappa shape index (κ2) is 7.15. The van der Waals surface area contributed by atoms with E-state index in [1.165, 1.54) is 5.56 Å². The highest BCUT2D eigenvalue weighted by Gasteiger charge is 1.93. The molecule has 0 amide bonds. The average molecular weight is 231 g/mol. The zero-order valence-electron chi connectivity index (χ0n) is 8.49. The Morgan fingerprint density at radius 3 is 3.00 bits per heavy atom. The molecule has 0 aliphatic rings. The minimum Gasteiger partial charge on any atom is -0.316 e. The van der Waals surface area contributed by atoms with Crippen LogP contribution in [0, 0.1) is 0 Å². The summed E-state index contributed by atoms with van der Waals surface area (Å²) >= 11 is 1.74. The van der Waals surface area contributed by atoms with Crippen molar-refractivity contribution in [3.8, 4) is 0 Å². The van der Waals surface area contributed by atoms with Crippen LogP contribution in [-0.4, -0.2) is 29.3 Å². The van der Waals surface area contributed by atoms with Gasteiger partial charge in [-0.15, -0.1) is 0 Å². The lowest BCUT2D eigenvalue weighted by Gasteiger charge is -2.02. The van der Waals surface area contributed by atoms with Crippen molar-refractivity contribution in [3.63, 3.8) is 0 Å². The van der Waals surface area contributed by atoms with E-state index >= 15 is 0 Å². The molecule has 0 fully saturated rings. The van der Waals surface area contributed by atoms with Gasteiger partial charge in [0, 0.05) is 22.8 Å². The summed E-state index contributed by atoms with van der Waals surface area (Å²) in [6.45, 7) is 2.00. The van der Waals surface area contributed by atoms with Gasteiger partial charge in [-0.3, -0.25) is 4.21 Å². The van der Waals surface area contributed by atoms with Gasteiger partial charge in [-0.1, -0.05) is 0 Å². The van der Waals surface area contributed by atoms with Gasteiger partial charge in [0.25, 0.3) is 0 Å². The fraction of sp³-hybridized carbons (Fsp3) is 0.600. The van der Waals surface area contributed by atoms with Crippen molar-refractivity contribution in [1.82, 2.24) is 5.32 Å². The number of hydrogen-bond acceptors (Lipinski definition) is 3. The first-order valence-electron chi connectivity index (χ1n) is 4.81. The van der Waals surface area contributed by atoms with Crippen LogP contribution >= 0.6 is 11.3 Å². The maximum atomic E-state index is 10.7. The molecule has 1 aromatic rings. The fourth-order valence-corrected chi connectivity index (χ4v) is 2.45. The van der Waals surface area contributed by atoms with Crippen LogP contribution < -0.4 is 5.32 Å². The van der Waals surface area contributed by atoms with E-state index in [0.29, 0.717) is 0 Å². The quantitative estimate of drug-likeness (QED) is 0.723. The molecule has 0 radical (unpaired) electrons. The molecule has 80 valence electrons. The molecule has 0 aliphatic carbocycles. The molecule has 14 heavy (non-hydrogen) atoms. The summed E-state index contributed by atoms with van der Waals surface area (Å²) in [5, 5.41) is 7.64. The highest BCUT2D eigenvalue weighted by Crippen LogP contribution is 2.05. The Morgan fingerprint density at radius 1 is 1.50 bits per heavy atom. The highest BCUT2D eigenvalue weighted by atomic mass is 32.2. The van der Waals surface area contributed by atoms with Crippen LogP contribution in [-0.2, 0) is 17.2 Å². The first-order chi connectivity index (χ1) is 6.79. The molecule has 1 unspecified atom stereocenters. The van der Waals surface area contributed by atoms with Crippen molar-refractivity contribution < 1.29 is 4.21 Å². The van der Waals surface area contributed by atoms with Crippen molar-refractivity contribution in [2.24, 2.45) is 0 Å². The molecule has 1 heterocycles. The minimum atomic E-state index is -0.639. The van der Waals surface area contributed by atoms with Crippen LogP contribution in [0.5, 0.6) is 0 Å². The molecule has 0 bridgehead atoms. The van der Waals surface area contributed by atoms with E-state index in [0.717, 1.165) is 31.7 Å². The van der Waals surface area contributed by atoms with E-state index in [1.54, 1.807) is 17.6 Å². The predicted octanol–water partition coefficient (Wildman–Crippen LogP) is 1.65. The Kier molecular flexibility index (Phi) is 6.07. The molecule has 1 atom stereocenters. The van der Waals surface area contributed by atoms with Crippen LogP contribution in [0.15, 0.2) is 16.8 Å². The van der Waals surface area contributed by atoms with Gasteiger partial charge in [-0.25, -0.2) is 0 Å². The second-order valence-electron chi connectivity index (χ2n) is 3.26. The smallest absolute Gasteiger partial charge is 0.0244 e. The molecule has 1 aromatic heterocycles. The third-order valence-electron chi connectivity index (χ3n) is 1.96. The molecule has 1 N–H and O–H groups in total. The third kappa shape index (κ3) is 5.52. The summed E-state index contributed by atoms with van der Waals surface area (Å²) in [6, 6.07) is 2.16. The SMILES string of the molecule is CS(=O)CCCNCCc1ccsc1. The lowest BCUT2D eigenvalue weighted by Crippen LogP contribution is -2.19. The van der Waals surface area contributed by atoms with Crippen molar-refractivity contribution in [1.29, 1.82) is 0 Å². The van der Waals surface area contributed by atoms with Gasteiger partial charge < -0.3 is 5.32 Å². The molecule has 0 saturated heterocycles. The van der Waals surface area contributed by atoms with E-state index in [4.69, 9.17) is 0 Å². The van der Waals surface area contributed by atoms with E-state index in [-0.39, 0.29) is 0 Å². The minimum absolute atomic E-state index is 0.639. The largest absolute Gasteiger partial charge is 0.316 e. The van der Waals surface area contributed by atoms with Crippen molar-refractivity contribution in [2.75, 3.05) is 25.1 Å². The van der Waals surface area contributed by atoms with Crippen LogP contribution in [0.2, 0.25) is 0 Å². The summed E-state index contributed by atoms with van der Waals surface area (Å²) in [7, 11) is -0.639. The first kappa shape index (κ1) is 11.9. The summed E-state index contributed by atoms with van der Waals surface area (Å²) in [6.07, 6.45) is 3.86. The van der Waals surface area contributed by atoms with Gasteiger partial charge in [0.1, 0.15) is 0 Å². The number of rotatable bonds is 7. The number of nitrogens with one attached hydrogen (secondary N) is 1. The van der Waals surface area contributed by atoms with Crippen LogP contribution in [0.25, 0.3) is 0 Å². The summed E-state index contributed by atoms with van der Waals surface area (Å²) in [5.74, 6) is 0.811. The van der Waals surface area contributed by atoms with Gasteiger partial charge >= 0.3 is 0 Å². The van der Waals surface area contributed by atoms with Crippen molar-refractivity contribution in [3.05, 3.63) is 22.4 Å². The van der Waals surface area contributed by atoms with Crippen LogP contribution in [0.1, 0.15) is 12.0 Å². The normalized spacial score (nSPS) is 12.9. The van der Waals surface area contributed by atoms with E-state index in [9.17, 15) is 4.21 Å². The Bertz CT molecular complexity index is 259. The van der Waals surface area contributed by atoms with Gasteiger partial charge in [0.05, 0.1) is 0 Å². The molecular formula is C10H17NOS2. The van der Waals surface area contributed by atoms with Crippen molar-refractivity contribution >= 4 is 22.1 Å². The van der Waals surface area contributed by atoms with Crippen molar-refractivity contribution in [2.45, 2.75) is 12.8 Å². The predicted molar refractivity (Wildman–Crippen MR) is 64.4 cm³/mol. The Balaban J connectivity index is 1.92. The molecule has 0 saturated carbocycles. The molecule has 1 rings (SSSR count). The topological polar surface area (TPSA) is 29.1 Å². The number of thiophene rings is 1. The average Bonchev–Trinajstić information content (AvgIpc) is 2.63. The van der Waals surface area contributed by atoms with Gasteiger partial charge in [-0.2, -0.15) is 11.3 Å². The van der Waals surface area contributed by atoms with Gasteiger partial charge in [0.15, 0.2) is 0 Å². The molecule has 2 nitrogen and oxygen atoms in total. The number of hydrogen-bond donors (Lipinski definition) is 1. The highest BCUT2D eigenvalue weighted by molar-refractivity contribution is 7.84. The van der Waals surface area contributed by atoms with Gasteiger partial charge in [0.2, 0.25) is 0 Å². The van der Waals surface area contributed by atoms with Crippen LogP contribution in [0.4, 0.5) is 0 Å². The monoisotopic (exact) mass is 231 g/mol.